The summed E-state index contributed by atoms with van der Waals surface area (Å²) in [6, 6.07) is 9.19. The summed E-state index contributed by atoms with van der Waals surface area (Å²) in [4.78, 5) is 31.7. The Morgan fingerprint density at radius 3 is 3.00 bits per heavy atom. The third-order valence-corrected chi connectivity index (χ3v) is 5.19. The number of aromatic nitrogens is 3. The average molecular weight is 362 g/mol. The summed E-state index contributed by atoms with van der Waals surface area (Å²) in [6.07, 6.45) is 6.49. The Kier molecular flexibility index (Phi) is 3.40. The van der Waals surface area contributed by atoms with Crippen LogP contribution in [0.3, 0.4) is 0 Å². The van der Waals surface area contributed by atoms with Crippen LogP contribution in [-0.4, -0.2) is 50.1 Å². The fourth-order valence-electron chi connectivity index (χ4n) is 3.95. The van der Waals surface area contributed by atoms with Crippen molar-refractivity contribution >= 4 is 23.1 Å². The molecular weight excluding hydrogens is 344 g/mol. The van der Waals surface area contributed by atoms with E-state index in [1.165, 1.54) is 0 Å². The Bertz CT molecular complexity index is 1060. The first-order valence-electron chi connectivity index (χ1n) is 8.93. The summed E-state index contributed by atoms with van der Waals surface area (Å²) in [5.41, 5.74) is 1.77. The average Bonchev–Trinajstić information content (AvgIpc) is 3.11. The minimum atomic E-state index is -0.657. The number of carbonyl (C=O) groups is 2. The van der Waals surface area contributed by atoms with E-state index in [1.807, 2.05) is 18.2 Å². The molecule has 2 aromatic heterocycles. The SMILES string of the molecule is O=C1N[C@]2(CCCN(C(=O)c3cnn4cccnc34)C2)Nc2ccccc21. The number of anilines is 1. The van der Waals surface area contributed by atoms with Crippen molar-refractivity contribution < 1.29 is 9.59 Å². The maximum atomic E-state index is 13.1. The van der Waals surface area contributed by atoms with Crippen molar-refractivity contribution in [2.45, 2.75) is 18.5 Å². The molecule has 0 saturated carbocycles. The summed E-state index contributed by atoms with van der Waals surface area (Å²) < 4.78 is 1.59. The quantitative estimate of drug-likeness (QED) is 0.685. The van der Waals surface area contributed by atoms with Gasteiger partial charge < -0.3 is 15.5 Å². The van der Waals surface area contributed by atoms with E-state index in [0.717, 1.165) is 18.5 Å². The highest BCUT2D eigenvalue weighted by Crippen LogP contribution is 2.31. The summed E-state index contributed by atoms with van der Waals surface area (Å²) in [6.45, 7) is 1.01. The van der Waals surface area contributed by atoms with E-state index >= 15 is 0 Å². The van der Waals surface area contributed by atoms with Crippen molar-refractivity contribution in [1.82, 2.24) is 24.8 Å². The van der Waals surface area contributed by atoms with Gasteiger partial charge >= 0.3 is 0 Å². The second kappa shape index (κ2) is 5.80. The van der Waals surface area contributed by atoms with Gasteiger partial charge in [-0.1, -0.05) is 12.1 Å². The van der Waals surface area contributed by atoms with Gasteiger partial charge in [0.2, 0.25) is 0 Å². The molecule has 0 radical (unpaired) electrons. The van der Waals surface area contributed by atoms with Crippen molar-refractivity contribution in [2.24, 2.45) is 0 Å². The third-order valence-electron chi connectivity index (χ3n) is 5.19. The van der Waals surface area contributed by atoms with Crippen LogP contribution in [0.4, 0.5) is 5.69 Å². The highest BCUT2D eigenvalue weighted by molar-refractivity contribution is 6.03. The number of hydrogen-bond acceptors (Lipinski definition) is 5. The molecule has 8 heteroatoms. The number of fused-ring (bicyclic) bond motifs is 2. The number of nitrogens with one attached hydrogen (secondary N) is 2. The number of nitrogens with zero attached hydrogens (tertiary/aromatic N) is 4. The first-order valence-corrected chi connectivity index (χ1v) is 8.93. The molecule has 27 heavy (non-hydrogen) atoms. The molecule has 136 valence electrons. The lowest BCUT2D eigenvalue weighted by Gasteiger charge is -2.46. The molecule has 3 aromatic rings. The molecule has 0 bridgehead atoms. The number of piperidine rings is 1. The summed E-state index contributed by atoms with van der Waals surface area (Å²) in [7, 11) is 0. The van der Waals surface area contributed by atoms with Crippen molar-refractivity contribution in [2.75, 3.05) is 18.4 Å². The molecule has 5 rings (SSSR count). The van der Waals surface area contributed by atoms with Crippen LogP contribution in [0.25, 0.3) is 5.65 Å². The molecule has 2 aliphatic rings. The Balaban J connectivity index is 1.45. The molecular formula is C19H18N6O2. The Hall–Kier alpha value is -3.42. The fourth-order valence-corrected chi connectivity index (χ4v) is 3.95. The van der Waals surface area contributed by atoms with Gasteiger partial charge in [0.15, 0.2) is 5.65 Å². The van der Waals surface area contributed by atoms with Crippen LogP contribution >= 0.6 is 0 Å². The van der Waals surface area contributed by atoms with Crippen LogP contribution in [0, 0.1) is 0 Å². The molecule has 1 aromatic carbocycles. The lowest BCUT2D eigenvalue weighted by Crippen LogP contribution is -2.66. The third kappa shape index (κ3) is 2.52. The minimum absolute atomic E-state index is 0.115. The van der Waals surface area contributed by atoms with Crippen LogP contribution in [0.15, 0.2) is 48.9 Å². The zero-order valence-electron chi connectivity index (χ0n) is 14.6. The van der Waals surface area contributed by atoms with E-state index in [2.05, 4.69) is 20.7 Å². The highest BCUT2D eigenvalue weighted by Gasteiger charge is 2.42. The number of rotatable bonds is 1. The van der Waals surface area contributed by atoms with Crippen LogP contribution < -0.4 is 10.6 Å². The van der Waals surface area contributed by atoms with Gasteiger partial charge in [0.05, 0.1) is 18.3 Å². The molecule has 1 spiro atoms. The van der Waals surface area contributed by atoms with Crippen LogP contribution in [0.2, 0.25) is 0 Å². The first kappa shape index (κ1) is 15.8. The molecule has 1 atom stereocenters. The molecule has 2 aliphatic heterocycles. The normalized spacial score (nSPS) is 21.6. The lowest BCUT2D eigenvalue weighted by atomic mass is 9.93. The lowest BCUT2D eigenvalue weighted by molar-refractivity contribution is 0.0594. The second-order valence-corrected chi connectivity index (χ2v) is 6.98. The van der Waals surface area contributed by atoms with Gasteiger partial charge in [-0.15, -0.1) is 0 Å². The topological polar surface area (TPSA) is 91.6 Å². The second-order valence-electron chi connectivity index (χ2n) is 6.98. The number of likely N-dealkylation sites (tertiary alicyclic amines) is 1. The predicted molar refractivity (Wildman–Crippen MR) is 98.4 cm³/mol. The van der Waals surface area contributed by atoms with Crippen molar-refractivity contribution in [3.05, 3.63) is 60.0 Å². The largest absolute Gasteiger partial charge is 0.361 e. The van der Waals surface area contributed by atoms with Crippen molar-refractivity contribution in [1.29, 1.82) is 0 Å². The predicted octanol–water partition coefficient (Wildman–Crippen LogP) is 1.52. The maximum Gasteiger partial charge on any atom is 0.259 e. The van der Waals surface area contributed by atoms with E-state index in [4.69, 9.17) is 0 Å². The Morgan fingerprint density at radius 1 is 1.19 bits per heavy atom. The van der Waals surface area contributed by atoms with E-state index in [9.17, 15) is 9.59 Å². The van der Waals surface area contributed by atoms with Crippen LogP contribution in [-0.2, 0) is 0 Å². The molecule has 0 unspecified atom stereocenters. The van der Waals surface area contributed by atoms with E-state index < -0.39 is 5.66 Å². The summed E-state index contributed by atoms with van der Waals surface area (Å²) in [5, 5.41) is 10.7. The molecule has 8 nitrogen and oxygen atoms in total. The highest BCUT2D eigenvalue weighted by atomic mass is 16.2. The number of carbonyl (C=O) groups excluding carboxylic acids is 2. The molecule has 4 heterocycles. The van der Waals surface area contributed by atoms with Gasteiger partial charge in [0.25, 0.3) is 11.8 Å². The van der Waals surface area contributed by atoms with Crippen molar-refractivity contribution in [3.8, 4) is 0 Å². The molecule has 2 N–H and O–H groups in total. The Morgan fingerprint density at radius 2 is 2.07 bits per heavy atom. The van der Waals surface area contributed by atoms with Crippen molar-refractivity contribution in [3.63, 3.8) is 0 Å². The van der Waals surface area contributed by atoms with E-state index in [-0.39, 0.29) is 11.8 Å². The minimum Gasteiger partial charge on any atom is -0.361 e. The van der Waals surface area contributed by atoms with Gasteiger partial charge in [0.1, 0.15) is 11.2 Å². The molecule has 1 fully saturated rings. The number of benzene rings is 1. The van der Waals surface area contributed by atoms with Crippen LogP contribution in [0.5, 0.6) is 0 Å². The molecule has 2 amide bonds. The van der Waals surface area contributed by atoms with Gasteiger partial charge in [-0.2, -0.15) is 5.10 Å². The number of para-hydroxylation sites is 1. The van der Waals surface area contributed by atoms with E-state index in [0.29, 0.717) is 29.9 Å². The standard InChI is InChI=1S/C19H18N6O2/c26-17-13-5-1-2-6-15(13)22-19(23-17)7-3-9-24(12-19)18(27)14-11-21-25-10-4-8-20-16(14)25/h1-2,4-6,8,10-11,22H,3,7,9,12H2,(H,23,26)/t19-/m0/s1. The summed E-state index contributed by atoms with van der Waals surface area (Å²) >= 11 is 0. The molecule has 1 saturated heterocycles. The van der Waals surface area contributed by atoms with Gasteiger partial charge in [0, 0.05) is 24.6 Å². The van der Waals surface area contributed by atoms with Gasteiger partial charge in [-0.3, -0.25) is 9.59 Å². The zero-order chi connectivity index (χ0) is 18.4. The van der Waals surface area contributed by atoms with Gasteiger partial charge in [-0.05, 0) is 31.0 Å². The molecule has 0 aliphatic carbocycles. The Labute approximate surface area is 155 Å². The maximum absolute atomic E-state index is 13.1. The van der Waals surface area contributed by atoms with Gasteiger partial charge in [-0.25, -0.2) is 9.50 Å². The monoisotopic (exact) mass is 362 g/mol. The zero-order valence-corrected chi connectivity index (χ0v) is 14.6. The summed E-state index contributed by atoms with van der Waals surface area (Å²) in [5.74, 6) is -0.242. The fraction of sp³-hybridized carbons (Fsp3) is 0.263. The van der Waals surface area contributed by atoms with Crippen LogP contribution in [0.1, 0.15) is 33.6 Å². The van der Waals surface area contributed by atoms with E-state index in [1.54, 1.807) is 40.1 Å². The number of amides is 2. The number of hydrogen-bond donors (Lipinski definition) is 2. The first-order chi connectivity index (χ1) is 13.2. The smallest absolute Gasteiger partial charge is 0.259 e.